The number of unbranched alkanes of at least 4 members (excludes halogenated alkanes) is 1. The summed E-state index contributed by atoms with van der Waals surface area (Å²) in [4.78, 5) is 0. The van der Waals surface area contributed by atoms with E-state index >= 15 is 0 Å². The van der Waals surface area contributed by atoms with Crippen LogP contribution in [0.4, 0.5) is 0 Å². The summed E-state index contributed by atoms with van der Waals surface area (Å²) in [5.41, 5.74) is 0. The van der Waals surface area contributed by atoms with Crippen molar-refractivity contribution in [2.45, 2.75) is 162 Å². The van der Waals surface area contributed by atoms with Crippen molar-refractivity contribution >= 4 is 0 Å². The van der Waals surface area contributed by atoms with E-state index in [4.69, 9.17) is 0 Å². The van der Waals surface area contributed by atoms with Crippen LogP contribution >= 0.6 is 0 Å². The Labute approximate surface area is 214 Å². The summed E-state index contributed by atoms with van der Waals surface area (Å²) in [6.07, 6.45) is 12.5. The molecule has 0 aliphatic heterocycles. The number of hydrogen-bond acceptors (Lipinski definition) is 0. The Morgan fingerprint density at radius 2 is 0.970 bits per heavy atom. The van der Waals surface area contributed by atoms with Crippen molar-refractivity contribution in [2.24, 2.45) is 53.3 Å². The molecule has 5 unspecified atom stereocenters. The summed E-state index contributed by atoms with van der Waals surface area (Å²) >= 11 is 0. The van der Waals surface area contributed by atoms with Crippen LogP contribution in [0.15, 0.2) is 0 Å². The first kappa shape index (κ1) is 37.5. The van der Waals surface area contributed by atoms with Gasteiger partial charge in [0.15, 0.2) is 0 Å². The fourth-order valence-electron chi connectivity index (χ4n) is 4.38. The zero-order valence-electron chi connectivity index (χ0n) is 26.6. The van der Waals surface area contributed by atoms with E-state index in [1.807, 2.05) is 0 Å². The molecule has 0 heteroatoms. The van der Waals surface area contributed by atoms with E-state index in [1.165, 1.54) is 57.8 Å². The van der Waals surface area contributed by atoms with Gasteiger partial charge in [-0.1, -0.05) is 149 Å². The average molecular weight is 469 g/mol. The molecule has 0 radical (unpaired) electrons. The van der Waals surface area contributed by atoms with Crippen molar-refractivity contribution in [3.05, 3.63) is 0 Å². The lowest BCUT2D eigenvalue weighted by atomic mass is 9.83. The largest absolute Gasteiger partial charge is 0.0654 e. The second kappa shape index (κ2) is 23.7. The fraction of sp³-hybridized carbons (Fsp3) is 1.00. The molecule has 0 aromatic carbocycles. The summed E-state index contributed by atoms with van der Waals surface area (Å²) in [6.45, 7) is 35.0. The fourth-order valence-corrected chi connectivity index (χ4v) is 4.38. The Bertz CT molecular complexity index is 364. The Morgan fingerprint density at radius 3 is 1.33 bits per heavy atom. The van der Waals surface area contributed by atoms with E-state index < -0.39 is 0 Å². The highest BCUT2D eigenvalue weighted by molar-refractivity contribution is 4.65. The van der Waals surface area contributed by atoms with Crippen molar-refractivity contribution in [3.8, 4) is 0 Å². The third-order valence-corrected chi connectivity index (χ3v) is 7.92. The molecule has 0 aliphatic carbocycles. The van der Waals surface area contributed by atoms with Crippen molar-refractivity contribution < 1.29 is 0 Å². The van der Waals surface area contributed by atoms with E-state index in [2.05, 4.69) is 104 Å². The van der Waals surface area contributed by atoms with Gasteiger partial charge in [-0.3, -0.25) is 0 Å². The molecule has 0 aliphatic rings. The summed E-state index contributed by atoms with van der Waals surface area (Å²) in [6, 6.07) is 0. The molecule has 0 heterocycles. The first-order chi connectivity index (χ1) is 15.2. The molecular weight excluding hydrogens is 396 g/mol. The topological polar surface area (TPSA) is 0 Å². The highest BCUT2D eigenvalue weighted by atomic mass is 14.2. The standard InChI is InChI=1S/3C11H24/c1-9(2)7-6-8-11(5)10(3)4;1-6-10(4)8-11(5)7-9(2)3;1-6-7-8-10(4)11(5)9(2)3/h3*9-11H,6-8H2,1-5H3. The second-order valence-electron chi connectivity index (χ2n) is 13.3. The molecular formula is C33H72. The van der Waals surface area contributed by atoms with Crippen LogP contribution < -0.4 is 0 Å². The SMILES string of the molecule is CC(C)CCCC(C)C(C)C.CCC(C)CC(C)CC(C)C.CCCCC(C)C(C)C(C)C. The predicted octanol–water partition coefficient (Wildman–Crippen LogP) is 12.3. The van der Waals surface area contributed by atoms with Crippen LogP contribution in [-0.4, -0.2) is 0 Å². The van der Waals surface area contributed by atoms with Gasteiger partial charge >= 0.3 is 0 Å². The first-order valence-corrected chi connectivity index (χ1v) is 15.2. The van der Waals surface area contributed by atoms with E-state index in [0.29, 0.717) is 0 Å². The number of rotatable bonds is 15. The minimum absolute atomic E-state index is 0.849. The maximum absolute atomic E-state index is 2.39. The van der Waals surface area contributed by atoms with Crippen molar-refractivity contribution in [1.29, 1.82) is 0 Å². The van der Waals surface area contributed by atoms with Crippen LogP contribution in [-0.2, 0) is 0 Å². The van der Waals surface area contributed by atoms with Gasteiger partial charge in [-0.25, -0.2) is 0 Å². The van der Waals surface area contributed by atoms with Crippen LogP contribution in [0.2, 0.25) is 0 Å². The second-order valence-corrected chi connectivity index (χ2v) is 13.3. The van der Waals surface area contributed by atoms with Gasteiger partial charge in [-0.05, 0) is 66.1 Å². The molecule has 0 nitrogen and oxygen atoms in total. The third-order valence-electron chi connectivity index (χ3n) is 7.92. The monoisotopic (exact) mass is 469 g/mol. The average Bonchev–Trinajstić information content (AvgIpc) is 2.70. The molecule has 0 amide bonds. The molecule has 0 bridgehead atoms. The molecule has 5 atom stereocenters. The molecule has 0 fully saturated rings. The third kappa shape index (κ3) is 28.1. The minimum atomic E-state index is 0.849. The molecule has 0 N–H and O–H groups in total. The molecule has 33 heavy (non-hydrogen) atoms. The van der Waals surface area contributed by atoms with Crippen LogP contribution in [0.1, 0.15) is 162 Å². The maximum Gasteiger partial charge on any atom is -0.0394 e. The Kier molecular flexibility index (Phi) is 27.0. The Balaban J connectivity index is -0.000000409. The van der Waals surface area contributed by atoms with Crippen LogP contribution in [0.3, 0.4) is 0 Å². The van der Waals surface area contributed by atoms with Crippen LogP contribution in [0.25, 0.3) is 0 Å². The van der Waals surface area contributed by atoms with Gasteiger partial charge in [-0.2, -0.15) is 0 Å². The smallest absolute Gasteiger partial charge is 0.0394 e. The lowest BCUT2D eigenvalue weighted by Crippen LogP contribution is -2.13. The van der Waals surface area contributed by atoms with Crippen LogP contribution in [0, 0.1) is 53.3 Å². The van der Waals surface area contributed by atoms with Crippen molar-refractivity contribution in [2.75, 3.05) is 0 Å². The van der Waals surface area contributed by atoms with Crippen molar-refractivity contribution in [1.82, 2.24) is 0 Å². The lowest BCUT2D eigenvalue weighted by Gasteiger charge is -2.23. The van der Waals surface area contributed by atoms with Gasteiger partial charge < -0.3 is 0 Å². The molecule has 0 rings (SSSR count). The minimum Gasteiger partial charge on any atom is -0.0654 e. The van der Waals surface area contributed by atoms with Gasteiger partial charge in [0.05, 0.1) is 0 Å². The van der Waals surface area contributed by atoms with Crippen molar-refractivity contribution in [3.63, 3.8) is 0 Å². The quantitative estimate of drug-likeness (QED) is 0.224. The first-order valence-electron chi connectivity index (χ1n) is 15.2. The van der Waals surface area contributed by atoms with Gasteiger partial charge in [0.25, 0.3) is 0 Å². The highest BCUT2D eigenvalue weighted by Gasteiger charge is 2.14. The molecule has 0 aromatic heterocycles. The molecule has 0 saturated heterocycles. The normalized spacial score (nSPS) is 16.1. The number of hydrogen-bond donors (Lipinski definition) is 0. The zero-order chi connectivity index (χ0) is 26.6. The van der Waals surface area contributed by atoms with Crippen LogP contribution in [0.5, 0.6) is 0 Å². The predicted molar refractivity (Wildman–Crippen MR) is 158 cm³/mol. The van der Waals surface area contributed by atoms with Gasteiger partial charge in [-0.15, -0.1) is 0 Å². The van der Waals surface area contributed by atoms with Gasteiger partial charge in [0.2, 0.25) is 0 Å². The molecule has 0 spiro atoms. The van der Waals surface area contributed by atoms with E-state index in [-0.39, 0.29) is 0 Å². The highest BCUT2D eigenvalue weighted by Crippen LogP contribution is 2.24. The van der Waals surface area contributed by atoms with E-state index in [1.54, 1.807) is 0 Å². The zero-order valence-corrected chi connectivity index (χ0v) is 26.6. The Hall–Kier alpha value is 0. The molecule has 0 saturated carbocycles. The summed E-state index contributed by atoms with van der Waals surface area (Å²) in [5.74, 6) is 8.02. The van der Waals surface area contributed by atoms with E-state index in [0.717, 1.165) is 53.3 Å². The van der Waals surface area contributed by atoms with Gasteiger partial charge in [0.1, 0.15) is 0 Å². The Morgan fingerprint density at radius 1 is 0.455 bits per heavy atom. The summed E-state index contributed by atoms with van der Waals surface area (Å²) < 4.78 is 0. The molecule has 0 aromatic rings. The summed E-state index contributed by atoms with van der Waals surface area (Å²) in [7, 11) is 0. The van der Waals surface area contributed by atoms with E-state index in [9.17, 15) is 0 Å². The van der Waals surface area contributed by atoms with Gasteiger partial charge in [0, 0.05) is 0 Å². The maximum atomic E-state index is 2.39. The molecule has 204 valence electrons. The lowest BCUT2D eigenvalue weighted by molar-refractivity contribution is 0.277. The summed E-state index contributed by atoms with van der Waals surface area (Å²) in [5, 5.41) is 0.